The first-order chi connectivity index (χ1) is 28.4. The van der Waals surface area contributed by atoms with Gasteiger partial charge in [-0.1, -0.05) is 97.6 Å². The highest BCUT2D eigenvalue weighted by Crippen LogP contribution is 2.69. The molecule has 4 aliphatic rings. The summed E-state index contributed by atoms with van der Waals surface area (Å²) in [5, 5.41) is 3.18. The molecule has 0 unspecified atom stereocenters. The minimum atomic E-state index is -0.413. The number of hydrogen-bond donors (Lipinski definition) is 4. The number of hydrogen-bond acceptors (Lipinski definition) is 10. The van der Waals surface area contributed by atoms with Crippen molar-refractivity contribution in [1.29, 1.82) is 0 Å². The molecule has 4 fully saturated rings. The van der Waals surface area contributed by atoms with Crippen LogP contribution in [0.3, 0.4) is 0 Å². The summed E-state index contributed by atoms with van der Waals surface area (Å²) in [5.41, 5.74) is 16.7. The predicted octanol–water partition coefficient (Wildman–Crippen LogP) is 8.05. The van der Waals surface area contributed by atoms with Gasteiger partial charge in [0, 0.05) is 24.3 Å². The van der Waals surface area contributed by atoms with Gasteiger partial charge >= 0.3 is 17.9 Å². The minimum absolute atomic E-state index is 0.0739. The smallest absolute Gasteiger partial charge is 0.319 e. The van der Waals surface area contributed by atoms with Crippen molar-refractivity contribution in [3.63, 3.8) is 0 Å². The number of carbonyl (C=O) groups is 4. The summed E-state index contributed by atoms with van der Waals surface area (Å²) in [5.74, 6) is -0.192. The second-order valence-corrected chi connectivity index (χ2v) is 19.3. The summed E-state index contributed by atoms with van der Waals surface area (Å²) in [6.07, 6.45) is 28.2. The molecule has 338 valence electrons. The molecule has 7 N–H and O–H groups in total. The lowest BCUT2D eigenvalue weighted by molar-refractivity contribution is -0.225. The quantitative estimate of drug-likeness (QED) is 0.0288. The molecule has 0 radical (unpaired) electrons. The third-order valence-corrected chi connectivity index (χ3v) is 15.6. The Morgan fingerprint density at radius 3 is 1.95 bits per heavy atom. The average Bonchev–Trinajstić information content (AvgIpc) is 3.59. The number of esters is 3. The molecule has 4 saturated carbocycles. The second kappa shape index (κ2) is 24.8. The first-order valence-corrected chi connectivity index (χ1v) is 24.0. The fraction of sp³-hybridized carbons (Fsp3) is 0.875. The molecule has 0 heterocycles. The Morgan fingerprint density at radius 2 is 1.31 bits per heavy atom. The molecule has 4 rings (SSSR count). The molecule has 4 aliphatic carbocycles. The number of fused-ring (bicyclic) bond motifs is 5. The summed E-state index contributed by atoms with van der Waals surface area (Å²) < 4.78 is 18.3. The molecule has 0 aliphatic heterocycles. The van der Waals surface area contributed by atoms with Crippen LogP contribution < -0.4 is 22.5 Å². The largest absolute Gasteiger partial charge is 0.461 e. The average molecular weight is 829 g/mol. The van der Waals surface area contributed by atoms with Crippen molar-refractivity contribution in [3.05, 3.63) is 12.2 Å². The molecule has 11 heteroatoms. The Labute approximate surface area is 357 Å². The summed E-state index contributed by atoms with van der Waals surface area (Å²) >= 11 is 0. The van der Waals surface area contributed by atoms with E-state index < -0.39 is 17.9 Å². The lowest BCUT2D eigenvalue weighted by atomic mass is 9.43. The Kier molecular flexibility index (Phi) is 20.7. The van der Waals surface area contributed by atoms with Crippen LogP contribution in [0.5, 0.6) is 0 Å². The molecule has 0 saturated heterocycles. The zero-order chi connectivity index (χ0) is 42.8. The third-order valence-electron chi connectivity index (χ3n) is 15.6. The van der Waals surface area contributed by atoms with Gasteiger partial charge in [-0.2, -0.15) is 0 Å². The molecule has 0 aromatic carbocycles. The van der Waals surface area contributed by atoms with E-state index >= 15 is 0 Å². The van der Waals surface area contributed by atoms with Gasteiger partial charge in [-0.15, -0.1) is 0 Å². The Hall–Kier alpha value is -2.50. The van der Waals surface area contributed by atoms with Gasteiger partial charge in [0.2, 0.25) is 5.91 Å². The number of carbonyl (C=O) groups excluding carboxylic acids is 4. The van der Waals surface area contributed by atoms with Crippen molar-refractivity contribution in [2.24, 2.45) is 63.5 Å². The SMILES string of the molecule is CCCCCCCC/C=C\CCCCCCCCNC(=O)CC[C@@H](C)[C@H]1CC[C@H]2[C@@H]3[C@H](OC(=O)CN)C[C@@H]4C[C@H](OC(=O)CN)CC[C@]4(C)[C@H]3C[C@H](OC(=O)CN)[C@]12C. The van der Waals surface area contributed by atoms with Gasteiger partial charge in [-0.25, -0.2) is 0 Å². The number of amides is 1. The first kappa shape index (κ1) is 49.2. The fourth-order valence-electron chi connectivity index (χ4n) is 12.4. The van der Waals surface area contributed by atoms with E-state index in [1.807, 2.05) is 0 Å². The van der Waals surface area contributed by atoms with Crippen LogP contribution in [0.15, 0.2) is 12.2 Å². The Balaban J connectivity index is 1.28. The van der Waals surface area contributed by atoms with Crippen LogP contribution in [0.1, 0.15) is 175 Å². The monoisotopic (exact) mass is 829 g/mol. The molecule has 1 amide bonds. The summed E-state index contributed by atoms with van der Waals surface area (Å²) in [6, 6.07) is 0. The van der Waals surface area contributed by atoms with Gasteiger partial charge in [0.25, 0.3) is 0 Å². The zero-order valence-corrected chi connectivity index (χ0v) is 37.5. The number of rotatable bonds is 26. The minimum Gasteiger partial charge on any atom is -0.461 e. The number of allylic oxidation sites excluding steroid dienone is 2. The van der Waals surface area contributed by atoms with E-state index in [9.17, 15) is 19.2 Å². The van der Waals surface area contributed by atoms with E-state index in [0.717, 1.165) is 51.5 Å². The van der Waals surface area contributed by atoms with Crippen LogP contribution in [0.25, 0.3) is 0 Å². The van der Waals surface area contributed by atoms with Crippen LogP contribution in [0.4, 0.5) is 0 Å². The van der Waals surface area contributed by atoms with E-state index in [1.165, 1.54) is 77.0 Å². The lowest BCUT2D eigenvalue weighted by Crippen LogP contribution is -2.63. The van der Waals surface area contributed by atoms with Crippen LogP contribution in [-0.4, -0.2) is 68.3 Å². The molecular weight excluding hydrogens is 745 g/mol. The van der Waals surface area contributed by atoms with Crippen molar-refractivity contribution in [2.45, 2.75) is 194 Å². The Bertz CT molecular complexity index is 1340. The molecule has 0 aromatic heterocycles. The normalized spacial score (nSPS) is 31.8. The standard InChI is InChI=1S/C48H84N4O7/c1-5-6-7-8-9-10-11-12-13-14-15-16-17-18-19-20-27-52-42(53)24-21-34(2)37-22-23-38-46-39(30-41(48(37,38)4)59-45(56)33-51)47(3)26-25-36(57-43(54)31-49)28-35(47)29-40(46)58-44(55)32-50/h12-13,34-41,46H,5-11,14-33,49-51H2,1-4H3,(H,52,53)/b13-12-/t34-,35+,36-,37-,38+,39+,40-,41+,46+,47+,48-/m1/s1. The maximum atomic E-state index is 13.1. The van der Waals surface area contributed by atoms with Gasteiger partial charge < -0.3 is 36.7 Å². The summed E-state index contributed by atoms with van der Waals surface area (Å²) in [6.45, 7) is 9.32. The lowest BCUT2D eigenvalue weighted by Gasteiger charge is -2.64. The highest BCUT2D eigenvalue weighted by atomic mass is 16.6. The van der Waals surface area contributed by atoms with E-state index in [4.69, 9.17) is 31.4 Å². The summed E-state index contributed by atoms with van der Waals surface area (Å²) in [4.78, 5) is 51.1. The number of unbranched alkanes of at least 4 members (excludes halogenated alkanes) is 12. The van der Waals surface area contributed by atoms with Crippen LogP contribution >= 0.6 is 0 Å². The van der Waals surface area contributed by atoms with Crippen molar-refractivity contribution in [1.82, 2.24) is 5.32 Å². The van der Waals surface area contributed by atoms with E-state index in [1.54, 1.807) is 0 Å². The number of nitrogens with one attached hydrogen (secondary N) is 1. The third kappa shape index (κ3) is 13.5. The van der Waals surface area contributed by atoms with Crippen molar-refractivity contribution >= 4 is 23.8 Å². The van der Waals surface area contributed by atoms with E-state index in [2.05, 4.69) is 45.2 Å². The summed E-state index contributed by atoms with van der Waals surface area (Å²) in [7, 11) is 0. The topological polar surface area (TPSA) is 186 Å². The Morgan fingerprint density at radius 1 is 0.712 bits per heavy atom. The molecule has 0 aromatic rings. The van der Waals surface area contributed by atoms with Gasteiger partial charge in [0.05, 0.1) is 19.6 Å². The number of nitrogens with two attached hydrogens (primary N) is 3. The molecule has 59 heavy (non-hydrogen) atoms. The molecule has 0 bridgehead atoms. The van der Waals surface area contributed by atoms with Crippen molar-refractivity contribution in [2.75, 3.05) is 26.2 Å². The van der Waals surface area contributed by atoms with Crippen LogP contribution in [0, 0.1) is 46.3 Å². The molecule has 11 nitrogen and oxygen atoms in total. The maximum Gasteiger partial charge on any atom is 0.319 e. The van der Waals surface area contributed by atoms with E-state index in [0.29, 0.717) is 25.7 Å². The first-order valence-electron chi connectivity index (χ1n) is 24.0. The molecular formula is C48H84N4O7. The van der Waals surface area contributed by atoms with Gasteiger partial charge in [-0.05, 0) is 118 Å². The van der Waals surface area contributed by atoms with Crippen molar-refractivity contribution in [3.8, 4) is 0 Å². The van der Waals surface area contributed by atoms with Crippen molar-refractivity contribution < 1.29 is 33.4 Å². The maximum absolute atomic E-state index is 13.1. The van der Waals surface area contributed by atoms with Gasteiger partial charge in [0.1, 0.15) is 18.3 Å². The molecule has 0 spiro atoms. The predicted molar refractivity (Wildman–Crippen MR) is 234 cm³/mol. The van der Waals surface area contributed by atoms with E-state index in [-0.39, 0.29) is 90.2 Å². The number of ether oxygens (including phenoxy) is 3. The zero-order valence-electron chi connectivity index (χ0n) is 37.5. The highest BCUT2D eigenvalue weighted by molar-refractivity contribution is 5.75. The van der Waals surface area contributed by atoms with Crippen LogP contribution in [-0.2, 0) is 33.4 Å². The van der Waals surface area contributed by atoms with Gasteiger partial charge in [0.15, 0.2) is 0 Å². The van der Waals surface area contributed by atoms with Gasteiger partial charge in [-0.3, -0.25) is 19.2 Å². The fourth-order valence-corrected chi connectivity index (χ4v) is 12.4. The second-order valence-electron chi connectivity index (χ2n) is 19.3. The molecule has 11 atom stereocenters. The van der Waals surface area contributed by atoms with Crippen LogP contribution in [0.2, 0.25) is 0 Å². The highest BCUT2D eigenvalue weighted by Gasteiger charge is 2.67.